The highest BCUT2D eigenvalue weighted by Gasteiger charge is 2.40. The number of hydrogen-bond donors (Lipinski definition) is 1. The smallest absolute Gasteiger partial charge is 0.303 e. The summed E-state index contributed by atoms with van der Waals surface area (Å²) in [5, 5.41) is 10.0. The summed E-state index contributed by atoms with van der Waals surface area (Å²) in [5.41, 5.74) is 3.92. The zero-order valence-corrected chi connectivity index (χ0v) is 28.1. The van der Waals surface area contributed by atoms with Crippen molar-refractivity contribution in [3.63, 3.8) is 0 Å². The van der Waals surface area contributed by atoms with Gasteiger partial charge in [0, 0.05) is 46.8 Å². The second-order valence-corrected chi connectivity index (χ2v) is 14.7. The maximum absolute atomic E-state index is 11.8. The molecule has 2 aliphatic heterocycles. The first-order valence-corrected chi connectivity index (χ1v) is 16.6. The molecule has 0 amide bonds. The van der Waals surface area contributed by atoms with E-state index in [1.54, 1.807) is 6.07 Å². The summed E-state index contributed by atoms with van der Waals surface area (Å²) in [5.74, 6) is 0.905. The number of unbranched alkanes of at least 4 members (excludes halogenated alkanes) is 2. The van der Waals surface area contributed by atoms with E-state index in [0.717, 1.165) is 57.8 Å². The third-order valence-electron chi connectivity index (χ3n) is 8.21. The maximum Gasteiger partial charge on any atom is 0.303 e. The maximum atomic E-state index is 11.8. The molecule has 0 unspecified atom stereocenters. The van der Waals surface area contributed by atoms with Gasteiger partial charge in [0.2, 0.25) is 5.36 Å². The van der Waals surface area contributed by atoms with Crippen LogP contribution in [0.3, 0.4) is 0 Å². The molecule has 0 fully saturated rings. The standard InChI is InChI=1S/C36H44N2O6S/c1-35(2,3)33-22-25(28-19-17-26(37(6)7)23-31(28)44-33)14-10-8-11-15-32-36(4,5)29-24-27(45(41,42)43)18-20-30(29)38(32)21-13-9-12-16-34(39)40/h8,10-11,14-15,17-20,22-24H,9,12-13,16,21H2,1-7H3,(H-,39,40,41,42,43). The number of anilines is 1. The molecule has 1 N–H and O–H groups in total. The van der Waals surface area contributed by atoms with Gasteiger partial charge in [0.05, 0.1) is 11.0 Å². The van der Waals surface area contributed by atoms with E-state index in [4.69, 9.17) is 9.52 Å². The SMILES string of the molecule is C[N+](C)=c1ccc2c(/C=C/C=C/C=C3\N(CCCCCC(=O)O)c4ccc(S(=O)(=O)[O-])cc4C3(C)C)cc(C(C)(C)C)oc-2c1. The first-order chi connectivity index (χ1) is 21.0. The lowest BCUT2D eigenvalue weighted by Gasteiger charge is -2.27. The summed E-state index contributed by atoms with van der Waals surface area (Å²) >= 11 is 0. The van der Waals surface area contributed by atoms with Crippen LogP contribution in [0.25, 0.3) is 17.4 Å². The van der Waals surface area contributed by atoms with Crippen LogP contribution in [-0.4, -0.2) is 44.7 Å². The molecule has 240 valence electrons. The van der Waals surface area contributed by atoms with E-state index < -0.39 is 21.5 Å². The monoisotopic (exact) mass is 632 g/mol. The van der Waals surface area contributed by atoms with E-state index in [9.17, 15) is 17.8 Å². The fourth-order valence-corrected chi connectivity index (χ4v) is 6.13. The Morgan fingerprint density at radius 1 is 1.02 bits per heavy atom. The Hall–Kier alpha value is -3.95. The van der Waals surface area contributed by atoms with E-state index in [1.807, 2.05) is 56.8 Å². The molecule has 0 aromatic heterocycles. The molecule has 45 heavy (non-hydrogen) atoms. The predicted octanol–water partition coefficient (Wildman–Crippen LogP) is 6.51. The van der Waals surface area contributed by atoms with Crippen LogP contribution in [-0.2, 0) is 25.7 Å². The minimum absolute atomic E-state index is 0.128. The Morgan fingerprint density at radius 3 is 2.40 bits per heavy atom. The lowest BCUT2D eigenvalue weighted by Crippen LogP contribution is -2.27. The first kappa shape index (κ1) is 33.9. The van der Waals surface area contributed by atoms with Gasteiger partial charge < -0.3 is 19.0 Å². The van der Waals surface area contributed by atoms with Crippen molar-refractivity contribution in [2.45, 2.75) is 76.0 Å². The Morgan fingerprint density at radius 2 is 1.76 bits per heavy atom. The fraction of sp³-hybridized carbons (Fsp3) is 0.389. The largest absolute Gasteiger partial charge is 0.744 e. The van der Waals surface area contributed by atoms with Crippen molar-refractivity contribution in [3.05, 3.63) is 94.7 Å². The molecule has 1 aliphatic carbocycles. The van der Waals surface area contributed by atoms with E-state index >= 15 is 0 Å². The number of aliphatic carboxylic acids is 1. The number of hydrogen-bond acceptors (Lipinski definition) is 6. The van der Waals surface area contributed by atoms with Gasteiger partial charge in [-0.1, -0.05) is 65.3 Å². The highest BCUT2D eigenvalue weighted by molar-refractivity contribution is 7.85. The molecule has 3 aliphatic rings. The van der Waals surface area contributed by atoms with Gasteiger partial charge in [0.15, 0.2) is 0 Å². The molecule has 0 saturated heterocycles. The molecule has 2 heterocycles. The quantitative estimate of drug-likeness (QED) is 0.117. The van der Waals surface area contributed by atoms with Crippen molar-refractivity contribution < 1.29 is 27.3 Å². The van der Waals surface area contributed by atoms with Crippen molar-refractivity contribution >= 4 is 27.9 Å². The van der Waals surface area contributed by atoms with Gasteiger partial charge in [-0.2, -0.15) is 0 Å². The van der Waals surface area contributed by atoms with Crippen LogP contribution >= 0.6 is 0 Å². The molecule has 9 heteroatoms. The summed E-state index contributed by atoms with van der Waals surface area (Å²) in [6, 6.07) is 12.8. The average Bonchev–Trinajstić information content (AvgIpc) is 3.16. The number of rotatable bonds is 10. The van der Waals surface area contributed by atoms with Crippen LogP contribution < -0.4 is 14.8 Å². The lowest BCUT2D eigenvalue weighted by molar-refractivity contribution is -0.137. The summed E-state index contributed by atoms with van der Waals surface area (Å²) in [4.78, 5) is 12.8. The first-order valence-electron chi connectivity index (χ1n) is 15.2. The summed E-state index contributed by atoms with van der Waals surface area (Å²) in [6.45, 7) is 11.1. The van der Waals surface area contributed by atoms with E-state index in [2.05, 4.69) is 56.0 Å². The number of benzene rings is 2. The molecule has 0 spiro atoms. The van der Waals surface area contributed by atoms with Gasteiger partial charge in [0.25, 0.3) is 0 Å². The average molecular weight is 633 g/mol. The minimum Gasteiger partial charge on any atom is -0.744 e. The van der Waals surface area contributed by atoms with Crippen LogP contribution in [0.15, 0.2) is 81.8 Å². The molecule has 1 aromatic rings. The van der Waals surface area contributed by atoms with E-state index in [1.165, 1.54) is 12.1 Å². The van der Waals surface area contributed by atoms with Crippen LogP contribution in [0.2, 0.25) is 0 Å². The zero-order valence-electron chi connectivity index (χ0n) is 27.3. The predicted molar refractivity (Wildman–Crippen MR) is 178 cm³/mol. The molecule has 0 atom stereocenters. The second-order valence-electron chi connectivity index (χ2n) is 13.3. The summed E-state index contributed by atoms with van der Waals surface area (Å²) in [6.07, 6.45) is 12.2. The van der Waals surface area contributed by atoms with Crippen molar-refractivity contribution in [2.75, 3.05) is 25.5 Å². The third-order valence-corrected chi connectivity index (χ3v) is 9.05. The van der Waals surface area contributed by atoms with Crippen LogP contribution in [0.1, 0.15) is 77.2 Å². The van der Waals surface area contributed by atoms with Crippen LogP contribution in [0.4, 0.5) is 5.69 Å². The van der Waals surface area contributed by atoms with Crippen molar-refractivity contribution in [1.29, 1.82) is 0 Å². The lowest BCUT2D eigenvalue weighted by atomic mass is 9.83. The summed E-state index contributed by atoms with van der Waals surface area (Å²) < 4.78 is 43.8. The van der Waals surface area contributed by atoms with Crippen molar-refractivity contribution in [2.24, 2.45) is 0 Å². The van der Waals surface area contributed by atoms with Gasteiger partial charge in [-0.3, -0.25) is 4.79 Å². The number of nitrogens with zero attached hydrogens (tertiary/aromatic N) is 2. The molecule has 4 rings (SSSR count). The highest BCUT2D eigenvalue weighted by Crippen LogP contribution is 2.48. The number of carbonyl (C=O) groups is 1. The topological polar surface area (TPSA) is 114 Å². The molecule has 0 saturated carbocycles. The Bertz CT molecular complexity index is 1820. The van der Waals surface area contributed by atoms with Crippen molar-refractivity contribution in [3.8, 4) is 11.3 Å². The number of fused-ring (bicyclic) bond motifs is 2. The zero-order chi connectivity index (χ0) is 33.2. The molecule has 8 nitrogen and oxygen atoms in total. The van der Waals surface area contributed by atoms with Gasteiger partial charge in [-0.05, 0) is 60.4 Å². The van der Waals surface area contributed by atoms with Crippen LogP contribution in [0, 0.1) is 0 Å². The number of allylic oxidation sites excluding steroid dienone is 5. The second kappa shape index (κ2) is 13.2. The van der Waals surface area contributed by atoms with Crippen LogP contribution in [0.5, 0.6) is 0 Å². The number of carboxylic acids is 1. The molecule has 1 aromatic carbocycles. The normalized spacial score (nSPS) is 15.9. The Balaban J connectivity index is 1.67. The Labute approximate surface area is 266 Å². The minimum atomic E-state index is -4.60. The van der Waals surface area contributed by atoms with Crippen molar-refractivity contribution in [1.82, 2.24) is 4.58 Å². The molecular weight excluding hydrogens is 588 g/mol. The fourth-order valence-electron chi connectivity index (χ4n) is 5.63. The van der Waals surface area contributed by atoms with Gasteiger partial charge in [-0.25, -0.2) is 13.0 Å². The van der Waals surface area contributed by atoms with E-state index in [-0.39, 0.29) is 16.7 Å². The van der Waals surface area contributed by atoms with Gasteiger partial charge in [-0.15, -0.1) is 0 Å². The van der Waals surface area contributed by atoms with Gasteiger partial charge in [0.1, 0.15) is 35.7 Å². The highest BCUT2D eigenvalue weighted by atomic mass is 32.2. The van der Waals surface area contributed by atoms with Gasteiger partial charge >= 0.3 is 5.97 Å². The van der Waals surface area contributed by atoms with E-state index in [0.29, 0.717) is 13.0 Å². The summed E-state index contributed by atoms with van der Waals surface area (Å²) in [7, 11) is -0.595. The molecule has 0 bridgehead atoms. The molecular formula is C36H44N2O6S. The Kier molecular flexibility index (Phi) is 9.94. The number of carboxylic acid groups (broad SMARTS) is 1. The third kappa shape index (κ3) is 7.83. The molecule has 0 radical (unpaired) electrons.